The van der Waals surface area contributed by atoms with Gasteiger partial charge >= 0.3 is 7.12 Å². The molecule has 0 saturated carbocycles. The van der Waals surface area contributed by atoms with Gasteiger partial charge in [-0.3, -0.25) is 0 Å². The van der Waals surface area contributed by atoms with Crippen molar-refractivity contribution < 1.29 is 14.0 Å². The van der Waals surface area contributed by atoms with E-state index in [2.05, 4.69) is 39.8 Å². The Morgan fingerprint density at radius 1 is 1.00 bits per heavy atom. The molecular formula is C17H24BClO3. The molecule has 0 aromatic heterocycles. The zero-order valence-corrected chi connectivity index (χ0v) is 14.6. The topological polar surface area (TPSA) is 27.7 Å². The van der Waals surface area contributed by atoms with Gasteiger partial charge in [0.25, 0.3) is 0 Å². The van der Waals surface area contributed by atoms with Crippen molar-refractivity contribution in [3.8, 4) is 0 Å². The fourth-order valence-electron chi connectivity index (χ4n) is 3.02. The fraction of sp³-hybridized carbons (Fsp3) is 0.647. The Morgan fingerprint density at radius 3 is 2.18 bits per heavy atom. The van der Waals surface area contributed by atoms with Gasteiger partial charge < -0.3 is 14.0 Å². The van der Waals surface area contributed by atoms with E-state index in [1.165, 1.54) is 5.56 Å². The number of hydrogen-bond donors (Lipinski definition) is 0. The first kappa shape index (κ1) is 16.3. The highest BCUT2D eigenvalue weighted by Crippen LogP contribution is 2.37. The molecular weight excluding hydrogens is 298 g/mol. The summed E-state index contributed by atoms with van der Waals surface area (Å²) in [6.45, 7) is 9.91. The molecule has 2 heterocycles. The van der Waals surface area contributed by atoms with Crippen molar-refractivity contribution in [1.29, 1.82) is 0 Å². The molecule has 0 N–H and O–H groups in total. The van der Waals surface area contributed by atoms with E-state index in [0.717, 1.165) is 36.5 Å². The van der Waals surface area contributed by atoms with Crippen molar-refractivity contribution >= 4 is 24.2 Å². The standard InChI is InChI=1S/C17H24BClO3/c1-16(2)17(3,4)22-18(21-16)14-9-13(10-15(19)11-14)12-5-7-20-8-6-12/h9-12H,5-8H2,1-4H3. The van der Waals surface area contributed by atoms with Crippen molar-refractivity contribution in [2.75, 3.05) is 13.2 Å². The van der Waals surface area contributed by atoms with Crippen LogP contribution in [0.5, 0.6) is 0 Å². The van der Waals surface area contributed by atoms with Gasteiger partial charge in [-0.15, -0.1) is 0 Å². The molecule has 1 aromatic rings. The molecule has 0 aliphatic carbocycles. The molecule has 5 heteroatoms. The highest BCUT2D eigenvalue weighted by molar-refractivity contribution is 6.62. The van der Waals surface area contributed by atoms with Crippen LogP contribution in [0.25, 0.3) is 0 Å². The number of benzene rings is 1. The summed E-state index contributed by atoms with van der Waals surface area (Å²) in [5.41, 5.74) is 1.60. The third kappa shape index (κ3) is 3.07. The monoisotopic (exact) mass is 322 g/mol. The van der Waals surface area contributed by atoms with Crippen molar-refractivity contribution in [2.45, 2.75) is 57.7 Å². The van der Waals surface area contributed by atoms with E-state index >= 15 is 0 Å². The molecule has 2 aliphatic rings. The number of rotatable bonds is 2. The predicted octanol–water partition coefficient (Wildman–Crippen LogP) is 3.53. The molecule has 2 aliphatic heterocycles. The average molecular weight is 323 g/mol. The molecule has 3 rings (SSSR count). The SMILES string of the molecule is CC1(C)OB(c2cc(Cl)cc(C3CCOCC3)c2)OC1(C)C. The van der Waals surface area contributed by atoms with Gasteiger partial charge in [-0.2, -0.15) is 0 Å². The van der Waals surface area contributed by atoms with Gasteiger partial charge in [0.05, 0.1) is 11.2 Å². The molecule has 120 valence electrons. The number of halogens is 1. The predicted molar refractivity (Wildman–Crippen MR) is 90.0 cm³/mol. The Hall–Kier alpha value is -0.545. The van der Waals surface area contributed by atoms with Gasteiger partial charge in [-0.05, 0) is 69.6 Å². The summed E-state index contributed by atoms with van der Waals surface area (Å²) in [4.78, 5) is 0. The van der Waals surface area contributed by atoms with Crippen LogP contribution in [0, 0.1) is 0 Å². The summed E-state index contributed by atoms with van der Waals surface area (Å²) < 4.78 is 17.7. The summed E-state index contributed by atoms with van der Waals surface area (Å²) in [6.07, 6.45) is 2.09. The van der Waals surface area contributed by atoms with Crippen LogP contribution in [0.3, 0.4) is 0 Å². The quantitative estimate of drug-likeness (QED) is 0.780. The molecule has 0 amide bonds. The summed E-state index contributed by atoms with van der Waals surface area (Å²) in [7, 11) is -0.359. The van der Waals surface area contributed by atoms with E-state index in [0.29, 0.717) is 5.92 Å². The van der Waals surface area contributed by atoms with Crippen molar-refractivity contribution in [3.05, 3.63) is 28.8 Å². The Morgan fingerprint density at radius 2 is 1.59 bits per heavy atom. The van der Waals surface area contributed by atoms with Gasteiger partial charge in [0.15, 0.2) is 0 Å². The normalized spacial score (nSPS) is 24.7. The van der Waals surface area contributed by atoms with Crippen molar-refractivity contribution in [2.24, 2.45) is 0 Å². The molecule has 3 nitrogen and oxygen atoms in total. The second-order valence-corrected chi connectivity index (χ2v) is 7.73. The van der Waals surface area contributed by atoms with E-state index < -0.39 is 0 Å². The van der Waals surface area contributed by atoms with Gasteiger partial charge in [0.2, 0.25) is 0 Å². The van der Waals surface area contributed by atoms with Gasteiger partial charge in [0.1, 0.15) is 0 Å². The van der Waals surface area contributed by atoms with Gasteiger partial charge in [-0.1, -0.05) is 17.7 Å². The van der Waals surface area contributed by atoms with Gasteiger partial charge in [-0.25, -0.2) is 0 Å². The second-order valence-electron chi connectivity index (χ2n) is 7.29. The summed E-state index contributed by atoms with van der Waals surface area (Å²) in [5, 5.41) is 0.744. The smallest absolute Gasteiger partial charge is 0.399 e. The van der Waals surface area contributed by atoms with Crippen LogP contribution in [-0.2, 0) is 14.0 Å². The van der Waals surface area contributed by atoms with Crippen molar-refractivity contribution in [3.63, 3.8) is 0 Å². The summed E-state index contributed by atoms with van der Waals surface area (Å²) >= 11 is 6.35. The Balaban J connectivity index is 1.87. The molecule has 2 fully saturated rings. The molecule has 0 radical (unpaired) electrons. The first-order valence-electron chi connectivity index (χ1n) is 8.02. The average Bonchev–Trinajstić information content (AvgIpc) is 2.68. The molecule has 22 heavy (non-hydrogen) atoms. The Labute approximate surface area is 138 Å². The lowest BCUT2D eigenvalue weighted by molar-refractivity contribution is 0.00578. The molecule has 0 bridgehead atoms. The zero-order chi connectivity index (χ0) is 16.0. The van der Waals surface area contributed by atoms with Crippen molar-refractivity contribution in [1.82, 2.24) is 0 Å². The lowest BCUT2D eigenvalue weighted by Gasteiger charge is -2.32. The van der Waals surface area contributed by atoms with Crippen LogP contribution in [0.1, 0.15) is 52.0 Å². The van der Waals surface area contributed by atoms with E-state index in [9.17, 15) is 0 Å². The molecule has 2 saturated heterocycles. The van der Waals surface area contributed by atoms with E-state index in [1.807, 2.05) is 6.07 Å². The maximum atomic E-state index is 6.35. The number of ether oxygens (including phenoxy) is 1. The van der Waals surface area contributed by atoms with Crippen LogP contribution in [-0.4, -0.2) is 31.5 Å². The highest BCUT2D eigenvalue weighted by Gasteiger charge is 2.51. The van der Waals surface area contributed by atoms with Crippen LogP contribution >= 0.6 is 11.6 Å². The maximum Gasteiger partial charge on any atom is 0.494 e. The van der Waals surface area contributed by atoms with Crippen LogP contribution in [0.15, 0.2) is 18.2 Å². The van der Waals surface area contributed by atoms with Gasteiger partial charge in [0, 0.05) is 18.2 Å². The highest BCUT2D eigenvalue weighted by atomic mass is 35.5. The Kier molecular flexibility index (Phi) is 4.32. The lowest BCUT2D eigenvalue weighted by atomic mass is 9.76. The van der Waals surface area contributed by atoms with Crippen LogP contribution < -0.4 is 5.46 Å². The lowest BCUT2D eigenvalue weighted by Crippen LogP contribution is -2.41. The van der Waals surface area contributed by atoms with E-state index in [1.54, 1.807) is 0 Å². The van der Waals surface area contributed by atoms with E-state index in [4.69, 9.17) is 25.6 Å². The summed E-state index contributed by atoms with van der Waals surface area (Å²) in [5.74, 6) is 0.508. The summed E-state index contributed by atoms with van der Waals surface area (Å²) in [6, 6.07) is 6.20. The molecule has 0 spiro atoms. The minimum absolute atomic E-state index is 0.334. The number of hydrogen-bond acceptors (Lipinski definition) is 3. The molecule has 0 unspecified atom stereocenters. The second kappa shape index (κ2) is 5.83. The Bertz CT molecular complexity index is 537. The largest absolute Gasteiger partial charge is 0.494 e. The zero-order valence-electron chi connectivity index (χ0n) is 13.8. The minimum atomic E-state index is -0.359. The maximum absolute atomic E-state index is 6.35. The first-order valence-corrected chi connectivity index (χ1v) is 8.40. The third-order valence-electron chi connectivity index (χ3n) is 5.16. The minimum Gasteiger partial charge on any atom is -0.399 e. The molecule has 1 aromatic carbocycles. The first-order chi connectivity index (χ1) is 10.3. The van der Waals surface area contributed by atoms with Crippen LogP contribution in [0.4, 0.5) is 0 Å². The van der Waals surface area contributed by atoms with E-state index in [-0.39, 0.29) is 18.3 Å². The van der Waals surface area contributed by atoms with Crippen LogP contribution in [0.2, 0.25) is 5.02 Å². The fourth-order valence-corrected chi connectivity index (χ4v) is 3.27. The molecule has 0 atom stereocenters. The third-order valence-corrected chi connectivity index (χ3v) is 5.38.